The molecule has 3 heteroatoms. The number of hydrogen-bond donors (Lipinski definition) is 0. The Balaban J connectivity index is 2.51. The Bertz CT molecular complexity index is 444. The van der Waals surface area contributed by atoms with Gasteiger partial charge in [-0.25, -0.2) is 4.79 Å². The molecule has 102 valence electrons. The summed E-state index contributed by atoms with van der Waals surface area (Å²) in [7, 11) is 0. The van der Waals surface area contributed by atoms with E-state index < -0.39 is 5.97 Å². The molecule has 19 heavy (non-hydrogen) atoms. The lowest BCUT2D eigenvalue weighted by Crippen LogP contribution is -2.03. The zero-order valence-corrected chi connectivity index (χ0v) is 11.5. The summed E-state index contributed by atoms with van der Waals surface area (Å²) in [5.74, 6) is -0.651. The minimum Gasteiger partial charge on any atom is -0.463 e. The maximum absolute atomic E-state index is 11.8. The summed E-state index contributed by atoms with van der Waals surface area (Å²) in [6, 6.07) is 7.38. The molecule has 0 radical (unpaired) electrons. The van der Waals surface area contributed by atoms with Crippen molar-refractivity contribution in [2.75, 3.05) is 6.61 Å². The molecule has 0 bridgehead atoms. The lowest BCUT2D eigenvalue weighted by Gasteiger charge is -2.00. The van der Waals surface area contributed by atoms with Crippen LogP contribution in [-0.2, 0) is 16.0 Å². The Morgan fingerprint density at radius 1 is 1.11 bits per heavy atom. The fourth-order valence-electron chi connectivity index (χ4n) is 1.51. The second kappa shape index (κ2) is 8.25. The largest absolute Gasteiger partial charge is 0.463 e. The van der Waals surface area contributed by atoms with Crippen molar-refractivity contribution in [2.45, 2.75) is 33.1 Å². The van der Waals surface area contributed by atoms with E-state index in [2.05, 4.69) is 6.92 Å². The Morgan fingerprint density at radius 3 is 2.37 bits per heavy atom. The maximum atomic E-state index is 11.8. The zero-order chi connectivity index (χ0) is 14.1. The molecular weight excluding hydrogens is 240 g/mol. The van der Waals surface area contributed by atoms with E-state index >= 15 is 0 Å². The average molecular weight is 260 g/mol. The maximum Gasteiger partial charge on any atom is 0.330 e. The van der Waals surface area contributed by atoms with Crippen molar-refractivity contribution in [3.63, 3.8) is 0 Å². The van der Waals surface area contributed by atoms with Gasteiger partial charge in [-0.15, -0.1) is 0 Å². The van der Waals surface area contributed by atoms with Crippen LogP contribution in [0.5, 0.6) is 0 Å². The Kier molecular flexibility index (Phi) is 6.58. The van der Waals surface area contributed by atoms with Crippen molar-refractivity contribution in [2.24, 2.45) is 0 Å². The van der Waals surface area contributed by atoms with Crippen LogP contribution in [-0.4, -0.2) is 18.4 Å². The van der Waals surface area contributed by atoms with E-state index in [1.54, 1.807) is 12.1 Å². The van der Waals surface area contributed by atoms with Gasteiger partial charge in [0.05, 0.1) is 6.61 Å². The van der Waals surface area contributed by atoms with Crippen LogP contribution in [0.4, 0.5) is 0 Å². The first-order chi connectivity index (χ1) is 9.17. The van der Waals surface area contributed by atoms with Crippen LogP contribution in [0.3, 0.4) is 0 Å². The monoisotopic (exact) mass is 260 g/mol. The number of ketones is 1. The fourth-order valence-corrected chi connectivity index (χ4v) is 1.51. The summed E-state index contributed by atoms with van der Waals surface area (Å²) >= 11 is 0. The fraction of sp³-hybridized carbons (Fsp3) is 0.375. The highest BCUT2D eigenvalue weighted by molar-refractivity contribution is 6.06. The highest BCUT2D eigenvalue weighted by Crippen LogP contribution is 2.06. The van der Waals surface area contributed by atoms with Crippen LogP contribution >= 0.6 is 0 Å². The van der Waals surface area contributed by atoms with Crippen molar-refractivity contribution < 1.29 is 14.3 Å². The number of carbonyl (C=O) groups is 2. The predicted molar refractivity (Wildman–Crippen MR) is 75.2 cm³/mol. The van der Waals surface area contributed by atoms with Gasteiger partial charge in [0, 0.05) is 11.6 Å². The molecule has 0 fully saturated rings. The topological polar surface area (TPSA) is 43.4 Å². The Morgan fingerprint density at radius 2 is 1.79 bits per heavy atom. The van der Waals surface area contributed by atoms with Gasteiger partial charge >= 0.3 is 5.97 Å². The third-order valence-electron chi connectivity index (χ3n) is 2.76. The number of aryl methyl sites for hydroxylation is 1. The van der Waals surface area contributed by atoms with Gasteiger partial charge in [0.15, 0.2) is 5.78 Å². The first kappa shape index (κ1) is 15.2. The molecule has 0 aliphatic carbocycles. The molecular formula is C16H20O3. The molecule has 0 heterocycles. The van der Waals surface area contributed by atoms with Gasteiger partial charge in [0.2, 0.25) is 0 Å². The predicted octanol–water partition coefficient (Wildman–Crippen LogP) is 3.33. The van der Waals surface area contributed by atoms with E-state index in [1.807, 2.05) is 19.1 Å². The summed E-state index contributed by atoms with van der Waals surface area (Å²) in [6.45, 7) is 4.48. The SMILES string of the molecule is CCCCOC(=O)/C=C/C(=O)c1ccc(CC)cc1. The quantitative estimate of drug-likeness (QED) is 0.327. The van der Waals surface area contributed by atoms with Crippen LogP contribution in [0.15, 0.2) is 36.4 Å². The van der Waals surface area contributed by atoms with E-state index in [1.165, 1.54) is 17.7 Å². The number of rotatable bonds is 7. The third kappa shape index (κ3) is 5.51. The molecule has 0 saturated heterocycles. The van der Waals surface area contributed by atoms with Gasteiger partial charge in [-0.05, 0) is 24.5 Å². The molecule has 1 aromatic carbocycles. The normalized spacial score (nSPS) is 10.6. The number of esters is 1. The Labute approximate surface area is 114 Å². The molecule has 0 aliphatic heterocycles. The summed E-state index contributed by atoms with van der Waals surface area (Å²) < 4.78 is 4.93. The highest BCUT2D eigenvalue weighted by Gasteiger charge is 2.03. The van der Waals surface area contributed by atoms with E-state index in [4.69, 9.17) is 4.74 Å². The van der Waals surface area contributed by atoms with Crippen molar-refractivity contribution in [3.8, 4) is 0 Å². The lowest BCUT2D eigenvalue weighted by molar-refractivity contribution is -0.137. The minimum atomic E-state index is -0.466. The molecule has 1 rings (SSSR count). The van der Waals surface area contributed by atoms with Gasteiger partial charge < -0.3 is 4.74 Å². The van der Waals surface area contributed by atoms with Crippen molar-refractivity contribution in [1.82, 2.24) is 0 Å². The van der Waals surface area contributed by atoms with E-state index in [0.29, 0.717) is 12.2 Å². The molecule has 3 nitrogen and oxygen atoms in total. The highest BCUT2D eigenvalue weighted by atomic mass is 16.5. The summed E-state index contributed by atoms with van der Waals surface area (Å²) in [5.41, 5.74) is 1.76. The van der Waals surface area contributed by atoms with Crippen molar-refractivity contribution in [3.05, 3.63) is 47.5 Å². The standard InChI is InChI=1S/C16H20O3/c1-3-5-12-19-16(18)11-10-15(17)14-8-6-13(4-2)7-9-14/h6-11H,3-5,12H2,1-2H3/b11-10+. The van der Waals surface area contributed by atoms with E-state index in [9.17, 15) is 9.59 Å². The summed E-state index contributed by atoms with van der Waals surface area (Å²) in [4.78, 5) is 23.1. The molecule has 1 aromatic rings. The molecule has 0 amide bonds. The third-order valence-corrected chi connectivity index (χ3v) is 2.76. The minimum absolute atomic E-state index is 0.185. The number of benzene rings is 1. The van der Waals surface area contributed by atoms with Crippen LogP contribution in [0.1, 0.15) is 42.6 Å². The number of hydrogen-bond acceptors (Lipinski definition) is 3. The first-order valence-corrected chi connectivity index (χ1v) is 6.65. The van der Waals surface area contributed by atoms with E-state index in [0.717, 1.165) is 19.3 Å². The van der Waals surface area contributed by atoms with Gasteiger partial charge in [0.1, 0.15) is 0 Å². The molecule has 0 saturated carbocycles. The number of allylic oxidation sites excluding steroid dienone is 1. The van der Waals surface area contributed by atoms with E-state index in [-0.39, 0.29) is 5.78 Å². The second-order valence-electron chi connectivity index (χ2n) is 4.27. The molecule has 0 spiro atoms. The van der Waals surface area contributed by atoms with Gasteiger partial charge in [-0.1, -0.05) is 44.5 Å². The molecule has 0 N–H and O–H groups in total. The number of carbonyl (C=O) groups excluding carboxylic acids is 2. The van der Waals surface area contributed by atoms with Crippen LogP contribution < -0.4 is 0 Å². The Hall–Kier alpha value is -1.90. The average Bonchev–Trinajstić information content (AvgIpc) is 2.45. The van der Waals surface area contributed by atoms with Crippen LogP contribution in [0.2, 0.25) is 0 Å². The second-order valence-corrected chi connectivity index (χ2v) is 4.27. The number of ether oxygens (including phenoxy) is 1. The van der Waals surface area contributed by atoms with Crippen molar-refractivity contribution in [1.29, 1.82) is 0 Å². The zero-order valence-electron chi connectivity index (χ0n) is 11.5. The van der Waals surface area contributed by atoms with Crippen LogP contribution in [0.25, 0.3) is 0 Å². The molecule has 0 unspecified atom stereocenters. The van der Waals surface area contributed by atoms with Crippen LogP contribution in [0, 0.1) is 0 Å². The molecule has 0 aliphatic rings. The van der Waals surface area contributed by atoms with Gasteiger partial charge in [-0.3, -0.25) is 4.79 Å². The first-order valence-electron chi connectivity index (χ1n) is 6.65. The summed E-state index contributed by atoms with van der Waals surface area (Å²) in [6.07, 6.45) is 5.20. The number of unbranched alkanes of at least 4 members (excludes halogenated alkanes) is 1. The summed E-state index contributed by atoms with van der Waals surface area (Å²) in [5, 5.41) is 0. The smallest absolute Gasteiger partial charge is 0.330 e. The van der Waals surface area contributed by atoms with Crippen molar-refractivity contribution >= 4 is 11.8 Å². The molecule has 0 aromatic heterocycles. The lowest BCUT2D eigenvalue weighted by atomic mass is 10.1. The van der Waals surface area contributed by atoms with Gasteiger partial charge in [-0.2, -0.15) is 0 Å². The van der Waals surface area contributed by atoms with Gasteiger partial charge in [0.25, 0.3) is 0 Å². The molecule has 0 atom stereocenters.